The van der Waals surface area contributed by atoms with Crippen LogP contribution in [0.15, 0.2) is 71.2 Å². The quantitative estimate of drug-likeness (QED) is 0.123. The van der Waals surface area contributed by atoms with Crippen LogP contribution in [0, 0.1) is 12.7 Å². The average molecular weight is 479 g/mol. The summed E-state index contributed by atoms with van der Waals surface area (Å²) in [6.45, 7) is 4.06. The van der Waals surface area contributed by atoms with Crippen LogP contribution in [0.25, 0.3) is 17.0 Å². The fraction of sp³-hybridized carbons (Fsp3) is 0.111. The van der Waals surface area contributed by atoms with Gasteiger partial charge < -0.3 is 13.9 Å². The number of aryl methyl sites for hydroxylation is 1. The third kappa shape index (κ3) is 4.87. The van der Waals surface area contributed by atoms with E-state index in [2.05, 4.69) is 0 Å². The normalized spacial score (nSPS) is 11.2. The molecule has 0 aliphatic rings. The summed E-state index contributed by atoms with van der Waals surface area (Å²) >= 11 is 5.98. The Labute approximate surface area is 200 Å². The van der Waals surface area contributed by atoms with E-state index in [1.54, 1.807) is 31.2 Å². The monoisotopic (exact) mass is 478 g/mol. The van der Waals surface area contributed by atoms with Crippen LogP contribution in [0.1, 0.15) is 39.0 Å². The van der Waals surface area contributed by atoms with Gasteiger partial charge in [0.15, 0.2) is 5.78 Å². The Morgan fingerprint density at radius 3 is 2.50 bits per heavy atom. The molecule has 0 saturated heterocycles. The largest absolute Gasteiger partial charge is 0.494 e. The van der Waals surface area contributed by atoms with Crippen molar-refractivity contribution in [3.8, 4) is 11.5 Å². The highest BCUT2D eigenvalue weighted by Crippen LogP contribution is 2.30. The molecule has 0 aliphatic heterocycles. The molecular weight excluding hydrogens is 459 g/mol. The van der Waals surface area contributed by atoms with E-state index in [-0.39, 0.29) is 22.1 Å². The van der Waals surface area contributed by atoms with Crippen molar-refractivity contribution in [1.82, 2.24) is 0 Å². The molecule has 34 heavy (non-hydrogen) atoms. The molecule has 172 valence electrons. The first kappa shape index (κ1) is 23.3. The minimum Gasteiger partial charge on any atom is -0.494 e. The number of carbonyl (C=O) groups is 2. The van der Waals surface area contributed by atoms with E-state index in [1.807, 2.05) is 6.92 Å². The Morgan fingerprint density at radius 1 is 1.06 bits per heavy atom. The first-order valence-electron chi connectivity index (χ1n) is 10.5. The lowest BCUT2D eigenvalue weighted by Gasteiger charge is -2.06. The number of esters is 1. The van der Waals surface area contributed by atoms with Gasteiger partial charge in [-0.15, -0.1) is 0 Å². The summed E-state index contributed by atoms with van der Waals surface area (Å²) in [6, 6.07) is 15.6. The molecule has 0 amide bonds. The predicted octanol–water partition coefficient (Wildman–Crippen LogP) is 7.05. The molecule has 0 fully saturated rings. The third-order valence-electron chi connectivity index (χ3n) is 5.10. The van der Waals surface area contributed by atoms with Gasteiger partial charge in [0.2, 0.25) is 0 Å². The van der Waals surface area contributed by atoms with Gasteiger partial charge in [-0.3, -0.25) is 4.79 Å². The van der Waals surface area contributed by atoms with E-state index in [9.17, 15) is 14.0 Å². The molecule has 0 unspecified atom stereocenters. The number of carbonyl (C=O) groups excluding carboxylic acids is 2. The van der Waals surface area contributed by atoms with Gasteiger partial charge in [-0.1, -0.05) is 17.7 Å². The zero-order valence-corrected chi connectivity index (χ0v) is 19.2. The molecule has 0 bridgehead atoms. The number of furan rings is 1. The Bertz CT molecular complexity index is 1380. The molecule has 0 aliphatic carbocycles. The summed E-state index contributed by atoms with van der Waals surface area (Å²) in [5.41, 5.74) is 1.34. The maximum Gasteiger partial charge on any atom is 0.347 e. The number of allylic oxidation sites excluding steroid dienone is 1. The Morgan fingerprint density at radius 2 is 1.79 bits per heavy atom. The fourth-order valence-corrected chi connectivity index (χ4v) is 3.71. The molecule has 1 heterocycles. The van der Waals surface area contributed by atoms with Crippen molar-refractivity contribution < 1.29 is 27.9 Å². The van der Waals surface area contributed by atoms with Gasteiger partial charge in [-0.05, 0) is 80.6 Å². The van der Waals surface area contributed by atoms with Gasteiger partial charge in [0, 0.05) is 16.5 Å². The molecule has 1 aromatic heterocycles. The molecule has 0 spiro atoms. The molecule has 7 heteroatoms. The summed E-state index contributed by atoms with van der Waals surface area (Å²) < 4.78 is 30.6. The second-order valence-corrected chi connectivity index (χ2v) is 7.78. The van der Waals surface area contributed by atoms with Crippen molar-refractivity contribution in [1.29, 1.82) is 0 Å². The van der Waals surface area contributed by atoms with Crippen LogP contribution in [0.4, 0.5) is 4.39 Å². The molecule has 4 aromatic rings. The molecular formula is C27H20ClFO5. The fourth-order valence-electron chi connectivity index (χ4n) is 3.48. The van der Waals surface area contributed by atoms with Crippen molar-refractivity contribution >= 4 is 40.4 Å². The van der Waals surface area contributed by atoms with E-state index < -0.39 is 11.8 Å². The van der Waals surface area contributed by atoms with E-state index in [1.165, 1.54) is 48.6 Å². The number of rotatable bonds is 7. The Hall–Kier alpha value is -3.90. The van der Waals surface area contributed by atoms with Gasteiger partial charge >= 0.3 is 5.97 Å². The van der Waals surface area contributed by atoms with Crippen molar-refractivity contribution in [2.45, 2.75) is 13.8 Å². The second kappa shape index (κ2) is 9.93. The van der Waals surface area contributed by atoms with Gasteiger partial charge in [-0.2, -0.15) is 0 Å². The molecule has 0 saturated carbocycles. The zero-order valence-electron chi connectivity index (χ0n) is 18.4. The third-order valence-corrected chi connectivity index (χ3v) is 5.43. The highest BCUT2D eigenvalue weighted by Gasteiger charge is 2.21. The molecule has 4 rings (SSSR count). The minimum absolute atomic E-state index is 0.137. The maximum absolute atomic E-state index is 13.9. The SMILES string of the molecule is CCOc1ccc2oc(C)c(C(=O)Oc3ccc(C(=O)C=Cc4c(F)cccc4Cl)cc3)c2c1. The average Bonchev–Trinajstić information content (AvgIpc) is 3.14. The summed E-state index contributed by atoms with van der Waals surface area (Å²) in [5.74, 6) is -0.142. The van der Waals surface area contributed by atoms with Crippen molar-refractivity contribution in [2.75, 3.05) is 6.61 Å². The minimum atomic E-state index is -0.585. The number of benzene rings is 3. The maximum atomic E-state index is 13.9. The first-order chi connectivity index (χ1) is 16.4. The number of ketones is 1. The molecule has 0 N–H and O–H groups in total. The predicted molar refractivity (Wildman–Crippen MR) is 128 cm³/mol. The van der Waals surface area contributed by atoms with Crippen molar-refractivity contribution in [3.63, 3.8) is 0 Å². The van der Waals surface area contributed by atoms with Crippen LogP contribution < -0.4 is 9.47 Å². The van der Waals surface area contributed by atoms with Crippen LogP contribution in [0.3, 0.4) is 0 Å². The summed E-state index contributed by atoms with van der Waals surface area (Å²) in [7, 11) is 0. The molecule has 3 aromatic carbocycles. The van der Waals surface area contributed by atoms with Crippen LogP contribution >= 0.6 is 11.6 Å². The lowest BCUT2D eigenvalue weighted by molar-refractivity contribution is 0.0734. The number of fused-ring (bicyclic) bond motifs is 1. The summed E-state index contributed by atoms with van der Waals surface area (Å²) in [5, 5.41) is 0.805. The van der Waals surface area contributed by atoms with Gasteiger partial charge in [0.1, 0.15) is 34.2 Å². The number of ether oxygens (including phenoxy) is 2. The first-order valence-corrected chi connectivity index (χ1v) is 10.9. The second-order valence-electron chi connectivity index (χ2n) is 7.37. The smallest absolute Gasteiger partial charge is 0.347 e. The van der Waals surface area contributed by atoms with Gasteiger partial charge in [0.25, 0.3) is 0 Å². The Balaban J connectivity index is 1.50. The summed E-state index contributed by atoms with van der Waals surface area (Å²) in [4.78, 5) is 25.3. The van der Waals surface area contributed by atoms with Crippen LogP contribution in [-0.2, 0) is 0 Å². The van der Waals surface area contributed by atoms with E-state index in [0.717, 1.165) is 0 Å². The number of hydrogen-bond donors (Lipinski definition) is 0. The molecule has 0 atom stereocenters. The van der Waals surface area contributed by atoms with Crippen LogP contribution in [0.5, 0.6) is 11.5 Å². The van der Waals surface area contributed by atoms with Crippen molar-refractivity contribution in [2.24, 2.45) is 0 Å². The van der Waals surface area contributed by atoms with E-state index >= 15 is 0 Å². The lowest BCUT2D eigenvalue weighted by atomic mass is 10.1. The summed E-state index contributed by atoms with van der Waals surface area (Å²) in [6.07, 6.45) is 2.57. The Kier molecular flexibility index (Phi) is 6.80. The number of hydrogen-bond acceptors (Lipinski definition) is 5. The highest BCUT2D eigenvalue weighted by molar-refractivity contribution is 6.32. The molecule has 0 radical (unpaired) electrons. The van der Waals surface area contributed by atoms with Crippen LogP contribution in [-0.4, -0.2) is 18.4 Å². The lowest BCUT2D eigenvalue weighted by Crippen LogP contribution is -2.09. The standard InChI is InChI=1S/C27H20ClFO5/c1-3-32-19-11-14-25-21(15-19)26(16(2)33-25)27(31)34-18-9-7-17(8-10-18)24(30)13-12-20-22(28)5-4-6-23(20)29/h4-15H,3H2,1-2H3. The highest BCUT2D eigenvalue weighted by atomic mass is 35.5. The molecule has 5 nitrogen and oxygen atoms in total. The van der Waals surface area contributed by atoms with E-state index in [4.69, 9.17) is 25.5 Å². The van der Waals surface area contributed by atoms with E-state index in [0.29, 0.717) is 40.2 Å². The van der Waals surface area contributed by atoms with Gasteiger partial charge in [0.05, 0.1) is 11.6 Å². The number of halogens is 2. The zero-order chi connectivity index (χ0) is 24.2. The van der Waals surface area contributed by atoms with Crippen LogP contribution in [0.2, 0.25) is 5.02 Å². The topological polar surface area (TPSA) is 65.7 Å². The van der Waals surface area contributed by atoms with Gasteiger partial charge in [-0.25, -0.2) is 9.18 Å². The van der Waals surface area contributed by atoms with Crippen molar-refractivity contribution in [3.05, 3.63) is 100 Å².